The standard InChI is InChI=1S/C24H18N6O4S2/c1-13-11-35-23(25-13)28-27-20-19(16-4-3-5-17(10-16)34-2)29-30(21(20)31)24-26-18(12-36-24)14-6-8-15(9-7-14)22(32)33/h3-12H,1-2H3,(H,25,28)(H,32,33)/b27-20-. The molecule has 0 fully saturated rings. The SMILES string of the molecule is COc1cccc(C2=NN(c3nc(-c4ccc(C(=O)O)cc4)cs3)C(=O)/C2=N\Nc2nc(C)cs2)c1. The van der Waals surface area contributed by atoms with Crippen LogP contribution in [0.4, 0.5) is 10.3 Å². The van der Waals surface area contributed by atoms with Gasteiger partial charge in [0, 0.05) is 21.9 Å². The molecule has 2 aromatic carbocycles. The van der Waals surface area contributed by atoms with Crippen LogP contribution in [0.2, 0.25) is 0 Å². The summed E-state index contributed by atoms with van der Waals surface area (Å²) >= 11 is 2.62. The van der Waals surface area contributed by atoms with Crippen LogP contribution in [-0.4, -0.2) is 45.5 Å². The number of benzene rings is 2. The highest BCUT2D eigenvalue weighted by Gasteiger charge is 2.36. The number of anilines is 2. The van der Waals surface area contributed by atoms with E-state index in [-0.39, 0.29) is 11.3 Å². The fourth-order valence-corrected chi connectivity index (χ4v) is 4.79. The van der Waals surface area contributed by atoms with Crippen molar-refractivity contribution in [1.82, 2.24) is 9.97 Å². The lowest BCUT2D eigenvalue weighted by molar-refractivity contribution is -0.112. The monoisotopic (exact) mass is 518 g/mol. The third-order valence-corrected chi connectivity index (χ3v) is 6.83. The number of carbonyl (C=O) groups is 2. The number of methoxy groups -OCH3 is 1. The molecular weight excluding hydrogens is 500 g/mol. The fraction of sp³-hybridized carbons (Fsp3) is 0.0833. The molecule has 5 rings (SSSR count). The summed E-state index contributed by atoms with van der Waals surface area (Å²) < 4.78 is 5.33. The zero-order valence-corrected chi connectivity index (χ0v) is 20.6. The highest BCUT2D eigenvalue weighted by Crippen LogP contribution is 2.31. The van der Waals surface area contributed by atoms with Crippen LogP contribution in [0.15, 0.2) is 69.5 Å². The molecule has 0 atom stereocenters. The molecule has 4 aromatic rings. The van der Waals surface area contributed by atoms with Crippen molar-refractivity contribution < 1.29 is 19.4 Å². The largest absolute Gasteiger partial charge is 0.497 e. The van der Waals surface area contributed by atoms with Crippen molar-refractivity contribution >= 4 is 56.2 Å². The van der Waals surface area contributed by atoms with Crippen LogP contribution in [0.25, 0.3) is 11.3 Å². The zero-order valence-electron chi connectivity index (χ0n) is 19.0. The molecule has 12 heteroatoms. The molecule has 1 aliphatic heterocycles. The Morgan fingerprint density at radius 2 is 1.89 bits per heavy atom. The van der Waals surface area contributed by atoms with Gasteiger partial charge in [-0.15, -0.1) is 22.7 Å². The van der Waals surface area contributed by atoms with Crippen LogP contribution in [0, 0.1) is 6.92 Å². The molecule has 36 heavy (non-hydrogen) atoms. The Bertz CT molecular complexity index is 1520. The van der Waals surface area contributed by atoms with E-state index in [1.807, 2.05) is 18.4 Å². The van der Waals surface area contributed by atoms with E-state index >= 15 is 0 Å². The molecule has 0 aliphatic carbocycles. The summed E-state index contributed by atoms with van der Waals surface area (Å²) in [5, 5.41) is 23.8. The zero-order chi connectivity index (χ0) is 25.2. The predicted octanol–water partition coefficient (Wildman–Crippen LogP) is 4.50. The number of carboxylic acids is 1. The van der Waals surface area contributed by atoms with Gasteiger partial charge in [-0.1, -0.05) is 24.3 Å². The van der Waals surface area contributed by atoms with Crippen molar-refractivity contribution in [3.63, 3.8) is 0 Å². The second-order valence-electron chi connectivity index (χ2n) is 7.56. The summed E-state index contributed by atoms with van der Waals surface area (Å²) in [7, 11) is 1.56. The van der Waals surface area contributed by atoms with Crippen molar-refractivity contribution in [2.45, 2.75) is 6.92 Å². The number of thiazole rings is 2. The first-order valence-electron chi connectivity index (χ1n) is 10.6. The van der Waals surface area contributed by atoms with Gasteiger partial charge in [0.25, 0.3) is 0 Å². The molecule has 10 nitrogen and oxygen atoms in total. The minimum atomic E-state index is -1.00. The molecule has 1 amide bonds. The number of hydrazone groups is 2. The fourth-order valence-electron chi connectivity index (χ4n) is 3.38. The highest BCUT2D eigenvalue weighted by molar-refractivity contribution is 7.14. The first kappa shape index (κ1) is 23.3. The average Bonchev–Trinajstić information content (AvgIpc) is 3.62. The Kier molecular flexibility index (Phi) is 6.27. The molecular formula is C24H18N6O4S2. The van der Waals surface area contributed by atoms with Crippen molar-refractivity contribution in [2.24, 2.45) is 10.2 Å². The van der Waals surface area contributed by atoms with Crippen LogP contribution in [-0.2, 0) is 4.79 Å². The van der Waals surface area contributed by atoms with Crippen molar-refractivity contribution in [3.8, 4) is 17.0 Å². The van der Waals surface area contributed by atoms with Gasteiger partial charge in [0.15, 0.2) is 5.71 Å². The first-order valence-corrected chi connectivity index (χ1v) is 12.3. The van der Waals surface area contributed by atoms with Crippen LogP contribution in [0.1, 0.15) is 21.6 Å². The Balaban J connectivity index is 1.50. The number of ether oxygens (including phenoxy) is 1. The van der Waals surface area contributed by atoms with E-state index in [2.05, 4.69) is 25.6 Å². The number of rotatable bonds is 7. The second-order valence-corrected chi connectivity index (χ2v) is 9.26. The molecule has 0 bridgehead atoms. The van der Waals surface area contributed by atoms with Gasteiger partial charge in [0.2, 0.25) is 10.3 Å². The lowest BCUT2D eigenvalue weighted by Crippen LogP contribution is -2.28. The van der Waals surface area contributed by atoms with Crippen LogP contribution in [0.5, 0.6) is 5.75 Å². The number of carboxylic acid groups (broad SMARTS) is 1. The van der Waals surface area contributed by atoms with E-state index in [0.29, 0.717) is 33.0 Å². The number of hydrogen-bond donors (Lipinski definition) is 2. The Morgan fingerprint density at radius 1 is 1.08 bits per heavy atom. The van der Waals surface area contributed by atoms with E-state index in [1.165, 1.54) is 39.8 Å². The van der Waals surface area contributed by atoms with Gasteiger partial charge in [-0.05, 0) is 31.2 Å². The molecule has 180 valence electrons. The lowest BCUT2D eigenvalue weighted by atomic mass is 10.1. The van der Waals surface area contributed by atoms with Crippen molar-refractivity contribution in [3.05, 3.63) is 76.1 Å². The quantitative estimate of drug-likeness (QED) is 0.345. The highest BCUT2D eigenvalue weighted by atomic mass is 32.1. The molecule has 1 aliphatic rings. The average molecular weight is 519 g/mol. The number of hydrogen-bond acceptors (Lipinski definition) is 10. The number of aryl methyl sites for hydroxylation is 1. The van der Waals surface area contributed by atoms with Gasteiger partial charge in [-0.3, -0.25) is 10.2 Å². The molecule has 3 heterocycles. The second kappa shape index (κ2) is 9.68. The number of amides is 1. The van der Waals surface area contributed by atoms with E-state index < -0.39 is 11.9 Å². The topological polar surface area (TPSA) is 129 Å². The minimum Gasteiger partial charge on any atom is -0.497 e. The van der Waals surface area contributed by atoms with Crippen molar-refractivity contribution in [1.29, 1.82) is 0 Å². The smallest absolute Gasteiger partial charge is 0.335 e. The molecule has 0 saturated carbocycles. The summed E-state index contributed by atoms with van der Waals surface area (Å²) in [6.07, 6.45) is 0. The number of nitrogens with one attached hydrogen (secondary N) is 1. The maximum atomic E-state index is 13.4. The van der Waals surface area contributed by atoms with Crippen LogP contribution >= 0.6 is 22.7 Å². The minimum absolute atomic E-state index is 0.110. The molecule has 0 saturated heterocycles. The van der Waals surface area contributed by atoms with Gasteiger partial charge in [0.05, 0.1) is 24.1 Å². The number of aromatic nitrogens is 2. The summed E-state index contributed by atoms with van der Waals surface area (Å²) in [5.41, 5.74) is 6.33. The van der Waals surface area contributed by atoms with Crippen LogP contribution < -0.4 is 15.2 Å². The third-order valence-electron chi connectivity index (χ3n) is 5.15. The number of aromatic carboxylic acids is 1. The summed E-state index contributed by atoms with van der Waals surface area (Å²) in [6.45, 7) is 1.87. The van der Waals surface area contributed by atoms with E-state index in [9.17, 15) is 9.59 Å². The van der Waals surface area contributed by atoms with Gasteiger partial charge >= 0.3 is 11.9 Å². The lowest BCUT2D eigenvalue weighted by Gasteiger charge is -2.06. The van der Waals surface area contributed by atoms with E-state index in [4.69, 9.17) is 9.84 Å². The summed E-state index contributed by atoms with van der Waals surface area (Å²) in [4.78, 5) is 33.4. The van der Waals surface area contributed by atoms with Gasteiger partial charge in [-0.25, -0.2) is 14.8 Å². The summed E-state index contributed by atoms with van der Waals surface area (Å²) in [5.74, 6) is -0.836. The Labute approximate surface area is 213 Å². The first-order chi connectivity index (χ1) is 17.4. The van der Waals surface area contributed by atoms with Gasteiger partial charge in [0.1, 0.15) is 11.5 Å². The molecule has 0 unspecified atom stereocenters. The normalized spacial score (nSPS) is 14.3. The Hall–Kier alpha value is -4.42. The van der Waals surface area contributed by atoms with Crippen LogP contribution in [0.3, 0.4) is 0 Å². The maximum absolute atomic E-state index is 13.4. The summed E-state index contributed by atoms with van der Waals surface area (Å²) in [6, 6.07) is 13.6. The predicted molar refractivity (Wildman–Crippen MR) is 139 cm³/mol. The third kappa shape index (κ3) is 4.59. The Morgan fingerprint density at radius 3 is 2.58 bits per heavy atom. The van der Waals surface area contributed by atoms with Gasteiger partial charge < -0.3 is 9.84 Å². The molecule has 2 aromatic heterocycles. The van der Waals surface area contributed by atoms with Crippen molar-refractivity contribution in [2.75, 3.05) is 17.5 Å². The van der Waals surface area contributed by atoms with E-state index in [1.54, 1.807) is 42.8 Å². The maximum Gasteiger partial charge on any atom is 0.335 e. The number of nitrogens with zero attached hydrogens (tertiary/aromatic N) is 5. The molecule has 0 spiro atoms. The van der Waals surface area contributed by atoms with Gasteiger partial charge in [-0.2, -0.15) is 15.2 Å². The number of carbonyl (C=O) groups excluding carboxylic acids is 1. The van der Waals surface area contributed by atoms with E-state index in [0.717, 1.165) is 11.3 Å². The molecule has 2 N–H and O–H groups in total. The molecule has 0 radical (unpaired) electrons.